The summed E-state index contributed by atoms with van der Waals surface area (Å²) in [5, 5.41) is 46.8. The maximum absolute atomic E-state index is 11.8. The molecule has 0 aromatic rings. The van der Waals surface area contributed by atoms with Crippen LogP contribution in [0.15, 0.2) is 0 Å². The lowest BCUT2D eigenvalue weighted by atomic mass is 10.0. The lowest BCUT2D eigenvalue weighted by molar-refractivity contribution is -0.138. The molecule has 0 radical (unpaired) electrons. The molecule has 0 bridgehead atoms. The van der Waals surface area contributed by atoms with Crippen molar-refractivity contribution in [3.8, 4) is 0 Å². The van der Waals surface area contributed by atoms with Gasteiger partial charge in [0.05, 0.1) is 6.61 Å². The van der Waals surface area contributed by atoms with E-state index in [9.17, 15) is 25.2 Å². The summed E-state index contributed by atoms with van der Waals surface area (Å²) < 4.78 is 0. The number of carbonyl (C=O) groups excluding carboxylic acids is 1. The van der Waals surface area contributed by atoms with Gasteiger partial charge in [0.1, 0.15) is 24.4 Å². The maximum Gasteiger partial charge on any atom is 0.222 e. The Morgan fingerprint density at radius 3 is 2.10 bits per heavy atom. The number of aliphatic hydroxyl groups is 5. The zero-order valence-electron chi connectivity index (χ0n) is 12.9. The highest BCUT2D eigenvalue weighted by Crippen LogP contribution is 2.08. The molecule has 0 heterocycles. The fraction of sp³-hybridized carbons (Fsp3) is 0.929. The molecule has 0 aliphatic carbocycles. The van der Waals surface area contributed by atoms with Gasteiger partial charge in [-0.2, -0.15) is 0 Å². The van der Waals surface area contributed by atoms with Crippen molar-refractivity contribution in [2.75, 3.05) is 20.2 Å². The van der Waals surface area contributed by atoms with Gasteiger partial charge in [0, 0.05) is 20.0 Å². The van der Waals surface area contributed by atoms with Crippen LogP contribution in [0.1, 0.15) is 39.0 Å². The third kappa shape index (κ3) is 7.73. The summed E-state index contributed by atoms with van der Waals surface area (Å²) in [4.78, 5) is 13.1. The van der Waals surface area contributed by atoms with E-state index in [1.165, 1.54) is 11.9 Å². The first kappa shape index (κ1) is 20.3. The number of carbonyl (C=O) groups is 1. The number of unbranched alkanes of at least 4 members (excludes halogenated alkanes) is 3. The van der Waals surface area contributed by atoms with E-state index in [0.29, 0.717) is 6.42 Å². The number of amides is 1. The van der Waals surface area contributed by atoms with E-state index >= 15 is 0 Å². The smallest absolute Gasteiger partial charge is 0.222 e. The van der Waals surface area contributed by atoms with Gasteiger partial charge < -0.3 is 30.4 Å². The molecule has 0 saturated heterocycles. The van der Waals surface area contributed by atoms with Crippen LogP contribution in [0.5, 0.6) is 0 Å². The van der Waals surface area contributed by atoms with Crippen LogP contribution < -0.4 is 0 Å². The van der Waals surface area contributed by atoms with Gasteiger partial charge in [-0.3, -0.25) is 4.79 Å². The molecule has 0 spiro atoms. The second-order valence-electron chi connectivity index (χ2n) is 5.38. The van der Waals surface area contributed by atoms with Gasteiger partial charge in [0.15, 0.2) is 0 Å². The van der Waals surface area contributed by atoms with Crippen molar-refractivity contribution >= 4 is 5.91 Å². The Bertz CT molecular complexity index is 289. The maximum atomic E-state index is 11.8. The SMILES string of the molecule is CCCCCCC(=O)N(C)C[C@H](O)[C@@H](O)[C@H](O)[C@H](O)CO. The Labute approximate surface area is 125 Å². The third-order valence-electron chi connectivity index (χ3n) is 3.46. The normalized spacial score (nSPS) is 17.1. The molecule has 5 N–H and O–H groups in total. The van der Waals surface area contributed by atoms with E-state index in [1.807, 2.05) is 0 Å². The first-order chi connectivity index (χ1) is 9.84. The number of aliphatic hydroxyl groups excluding tert-OH is 5. The largest absolute Gasteiger partial charge is 0.394 e. The Morgan fingerprint density at radius 1 is 1.00 bits per heavy atom. The molecule has 21 heavy (non-hydrogen) atoms. The van der Waals surface area contributed by atoms with Gasteiger partial charge in [-0.1, -0.05) is 26.2 Å². The molecular weight excluding hydrogens is 278 g/mol. The first-order valence-corrected chi connectivity index (χ1v) is 7.42. The van der Waals surface area contributed by atoms with E-state index in [1.54, 1.807) is 0 Å². The van der Waals surface area contributed by atoms with Crippen LogP contribution in [0.3, 0.4) is 0 Å². The monoisotopic (exact) mass is 307 g/mol. The summed E-state index contributed by atoms with van der Waals surface area (Å²) in [5.41, 5.74) is 0. The molecular formula is C14H29NO6. The van der Waals surface area contributed by atoms with E-state index in [-0.39, 0.29) is 12.5 Å². The summed E-state index contributed by atoms with van der Waals surface area (Å²) in [6, 6.07) is 0. The second-order valence-corrected chi connectivity index (χ2v) is 5.38. The lowest BCUT2D eigenvalue weighted by Gasteiger charge is -2.28. The van der Waals surface area contributed by atoms with Crippen molar-refractivity contribution in [1.29, 1.82) is 0 Å². The number of nitrogens with zero attached hydrogens (tertiary/aromatic N) is 1. The van der Waals surface area contributed by atoms with E-state index in [4.69, 9.17) is 5.11 Å². The molecule has 0 saturated carbocycles. The van der Waals surface area contributed by atoms with Crippen molar-refractivity contribution in [3.63, 3.8) is 0 Å². The Balaban J connectivity index is 4.17. The Morgan fingerprint density at radius 2 is 1.57 bits per heavy atom. The molecule has 0 aromatic carbocycles. The van der Waals surface area contributed by atoms with Gasteiger partial charge in [0.2, 0.25) is 5.91 Å². The zero-order valence-corrected chi connectivity index (χ0v) is 12.9. The summed E-state index contributed by atoms with van der Waals surface area (Å²) >= 11 is 0. The number of hydrogen-bond donors (Lipinski definition) is 5. The van der Waals surface area contributed by atoms with Gasteiger partial charge in [0.25, 0.3) is 0 Å². The molecule has 0 rings (SSSR count). The van der Waals surface area contributed by atoms with Crippen LogP contribution in [0.4, 0.5) is 0 Å². The molecule has 7 nitrogen and oxygen atoms in total. The number of hydrogen-bond acceptors (Lipinski definition) is 6. The predicted molar refractivity (Wildman–Crippen MR) is 77.5 cm³/mol. The average Bonchev–Trinajstić information content (AvgIpc) is 2.48. The number of rotatable bonds is 11. The molecule has 0 fully saturated rings. The standard InChI is InChI=1S/C14H29NO6/c1-3-4-5-6-7-12(19)15(2)8-10(17)13(20)14(21)11(18)9-16/h10-11,13-14,16-18,20-21H,3-9H2,1-2H3/t10-,11+,13+,14+/m0/s1. The molecule has 4 atom stereocenters. The van der Waals surface area contributed by atoms with Gasteiger partial charge in [-0.05, 0) is 6.42 Å². The minimum absolute atomic E-state index is 0.144. The predicted octanol–water partition coefficient (Wildman–Crippen LogP) is -1.15. The van der Waals surface area contributed by atoms with Crippen LogP contribution in [-0.2, 0) is 4.79 Å². The average molecular weight is 307 g/mol. The van der Waals surface area contributed by atoms with Crippen LogP contribution >= 0.6 is 0 Å². The summed E-state index contributed by atoms with van der Waals surface area (Å²) in [5.74, 6) is -0.144. The van der Waals surface area contributed by atoms with E-state index < -0.39 is 31.0 Å². The molecule has 0 aliphatic heterocycles. The summed E-state index contributed by atoms with van der Waals surface area (Å²) in [6.45, 7) is 1.21. The van der Waals surface area contributed by atoms with Crippen LogP contribution in [-0.4, -0.2) is 81.0 Å². The van der Waals surface area contributed by atoms with Gasteiger partial charge >= 0.3 is 0 Å². The van der Waals surface area contributed by atoms with E-state index in [0.717, 1.165) is 25.7 Å². The molecule has 1 amide bonds. The lowest BCUT2D eigenvalue weighted by Crippen LogP contribution is -2.49. The van der Waals surface area contributed by atoms with Gasteiger partial charge in [-0.25, -0.2) is 0 Å². The molecule has 7 heteroatoms. The van der Waals surface area contributed by atoms with Crippen LogP contribution in [0.25, 0.3) is 0 Å². The molecule has 0 unspecified atom stereocenters. The minimum Gasteiger partial charge on any atom is -0.394 e. The summed E-state index contributed by atoms with van der Waals surface area (Å²) in [6.07, 6.45) is -1.95. The third-order valence-corrected chi connectivity index (χ3v) is 3.46. The van der Waals surface area contributed by atoms with Crippen molar-refractivity contribution < 1.29 is 30.3 Å². The second kappa shape index (κ2) is 10.9. The Hall–Kier alpha value is -0.730. The Kier molecular flexibility index (Phi) is 10.5. The molecule has 0 aromatic heterocycles. The quantitative estimate of drug-likeness (QED) is 0.307. The molecule has 126 valence electrons. The topological polar surface area (TPSA) is 121 Å². The van der Waals surface area contributed by atoms with Crippen LogP contribution in [0.2, 0.25) is 0 Å². The fourth-order valence-electron chi connectivity index (χ4n) is 1.95. The van der Waals surface area contributed by atoms with Crippen molar-refractivity contribution in [1.82, 2.24) is 4.90 Å². The van der Waals surface area contributed by atoms with Crippen molar-refractivity contribution in [3.05, 3.63) is 0 Å². The minimum atomic E-state index is -1.67. The van der Waals surface area contributed by atoms with Crippen molar-refractivity contribution in [2.45, 2.75) is 63.4 Å². The number of likely N-dealkylation sites (N-methyl/N-ethyl adjacent to an activating group) is 1. The highest BCUT2D eigenvalue weighted by atomic mass is 16.4. The first-order valence-electron chi connectivity index (χ1n) is 7.42. The van der Waals surface area contributed by atoms with Crippen LogP contribution in [0, 0.1) is 0 Å². The summed E-state index contributed by atoms with van der Waals surface area (Å²) in [7, 11) is 1.51. The highest BCUT2D eigenvalue weighted by Gasteiger charge is 2.31. The fourth-order valence-corrected chi connectivity index (χ4v) is 1.95. The zero-order chi connectivity index (χ0) is 16.4. The van der Waals surface area contributed by atoms with Gasteiger partial charge in [-0.15, -0.1) is 0 Å². The van der Waals surface area contributed by atoms with Crippen molar-refractivity contribution in [2.24, 2.45) is 0 Å². The highest BCUT2D eigenvalue weighted by molar-refractivity contribution is 5.75. The van der Waals surface area contributed by atoms with E-state index in [2.05, 4.69) is 6.92 Å². The molecule has 0 aliphatic rings.